The molecule has 114 valence electrons. The Balaban J connectivity index is 1.94. The van der Waals surface area contributed by atoms with Crippen molar-refractivity contribution >= 4 is 28.2 Å². The van der Waals surface area contributed by atoms with Crippen molar-refractivity contribution < 1.29 is 9.59 Å². The molecule has 2 aromatic rings. The van der Waals surface area contributed by atoms with Gasteiger partial charge in [-0.3, -0.25) is 14.6 Å². The van der Waals surface area contributed by atoms with E-state index in [0.717, 1.165) is 29.7 Å². The predicted octanol–water partition coefficient (Wildman–Crippen LogP) is 2.62. The number of carbonyl (C=O) groups is 2. The minimum Gasteiger partial charge on any atom is -0.365 e. The molecule has 1 unspecified atom stereocenters. The smallest absolute Gasteiger partial charge is 0.257 e. The fraction of sp³-hybridized carbons (Fsp3) is 0.312. The van der Waals surface area contributed by atoms with Crippen LogP contribution in [0.2, 0.25) is 0 Å². The number of nitrogens with two attached hydrogens (primary N) is 1. The molecule has 0 saturated carbocycles. The highest BCUT2D eigenvalue weighted by molar-refractivity contribution is 7.17. The molecule has 2 amide bonds. The van der Waals surface area contributed by atoms with E-state index in [9.17, 15) is 9.59 Å². The molecule has 2 aromatic heterocycles. The quantitative estimate of drug-likeness (QED) is 0.913. The first-order chi connectivity index (χ1) is 10.6. The Labute approximate surface area is 132 Å². The van der Waals surface area contributed by atoms with Crippen LogP contribution < -0.4 is 11.1 Å². The van der Waals surface area contributed by atoms with Gasteiger partial charge in [-0.05, 0) is 42.9 Å². The Hall–Kier alpha value is -2.21. The fourth-order valence-corrected chi connectivity index (χ4v) is 4.18. The van der Waals surface area contributed by atoms with Crippen LogP contribution in [0.3, 0.4) is 0 Å². The number of nitrogens with one attached hydrogen (secondary N) is 1. The van der Waals surface area contributed by atoms with E-state index < -0.39 is 5.91 Å². The molecular weight excluding hydrogens is 298 g/mol. The summed E-state index contributed by atoms with van der Waals surface area (Å²) in [6, 6.07) is 3.38. The fourth-order valence-electron chi connectivity index (χ4n) is 2.77. The zero-order chi connectivity index (χ0) is 15.7. The number of aromatic nitrogens is 1. The summed E-state index contributed by atoms with van der Waals surface area (Å²) in [7, 11) is 0. The largest absolute Gasteiger partial charge is 0.365 e. The summed E-state index contributed by atoms with van der Waals surface area (Å²) in [6.07, 6.45) is 5.92. The lowest BCUT2D eigenvalue weighted by atomic mass is 9.88. The van der Waals surface area contributed by atoms with Gasteiger partial charge in [0.15, 0.2) is 0 Å². The van der Waals surface area contributed by atoms with Gasteiger partial charge in [0.1, 0.15) is 5.00 Å². The van der Waals surface area contributed by atoms with Gasteiger partial charge in [-0.25, -0.2) is 0 Å². The second kappa shape index (κ2) is 5.88. The van der Waals surface area contributed by atoms with E-state index in [1.54, 1.807) is 18.3 Å². The van der Waals surface area contributed by atoms with Crippen molar-refractivity contribution in [2.75, 3.05) is 5.32 Å². The molecule has 0 radical (unpaired) electrons. The third kappa shape index (κ3) is 2.74. The van der Waals surface area contributed by atoms with Crippen LogP contribution in [-0.4, -0.2) is 16.8 Å². The van der Waals surface area contributed by atoms with Crippen LogP contribution in [0.1, 0.15) is 44.5 Å². The number of thiophene rings is 1. The Morgan fingerprint density at radius 3 is 2.95 bits per heavy atom. The maximum Gasteiger partial charge on any atom is 0.257 e. The summed E-state index contributed by atoms with van der Waals surface area (Å²) >= 11 is 1.46. The maximum atomic E-state index is 12.3. The zero-order valence-corrected chi connectivity index (χ0v) is 13.1. The van der Waals surface area contributed by atoms with Gasteiger partial charge in [-0.15, -0.1) is 11.3 Å². The summed E-state index contributed by atoms with van der Waals surface area (Å²) in [5, 5.41) is 3.37. The topological polar surface area (TPSA) is 85.1 Å². The molecule has 0 fully saturated rings. The molecule has 1 atom stereocenters. The van der Waals surface area contributed by atoms with Crippen molar-refractivity contribution in [2.24, 2.45) is 11.7 Å². The molecule has 0 spiro atoms. The highest BCUT2D eigenvalue weighted by Crippen LogP contribution is 2.39. The predicted molar refractivity (Wildman–Crippen MR) is 86.2 cm³/mol. The summed E-state index contributed by atoms with van der Waals surface area (Å²) in [5.74, 6) is -0.162. The van der Waals surface area contributed by atoms with Crippen LogP contribution in [0.5, 0.6) is 0 Å². The van der Waals surface area contributed by atoms with Crippen LogP contribution in [0.15, 0.2) is 24.5 Å². The number of primary amides is 1. The first-order valence-corrected chi connectivity index (χ1v) is 8.03. The molecule has 0 saturated heterocycles. The molecule has 6 heteroatoms. The average molecular weight is 315 g/mol. The molecule has 0 aromatic carbocycles. The molecule has 1 aliphatic carbocycles. The lowest BCUT2D eigenvalue weighted by molar-refractivity contribution is 0.1000. The summed E-state index contributed by atoms with van der Waals surface area (Å²) in [4.78, 5) is 29.2. The number of hydrogen-bond acceptors (Lipinski definition) is 4. The van der Waals surface area contributed by atoms with Crippen molar-refractivity contribution in [3.8, 4) is 0 Å². The van der Waals surface area contributed by atoms with Crippen LogP contribution in [0, 0.1) is 5.92 Å². The van der Waals surface area contributed by atoms with Crippen LogP contribution in [-0.2, 0) is 12.8 Å². The lowest BCUT2D eigenvalue weighted by Gasteiger charge is -2.18. The molecule has 3 N–H and O–H groups in total. The number of anilines is 1. The van der Waals surface area contributed by atoms with Gasteiger partial charge < -0.3 is 11.1 Å². The Bertz CT molecular complexity index is 724. The molecule has 3 rings (SSSR count). The molecule has 2 heterocycles. The van der Waals surface area contributed by atoms with Crippen LogP contribution in [0.25, 0.3) is 0 Å². The highest BCUT2D eigenvalue weighted by Gasteiger charge is 2.27. The highest BCUT2D eigenvalue weighted by atomic mass is 32.1. The van der Waals surface area contributed by atoms with E-state index in [0.29, 0.717) is 22.0 Å². The Kier molecular flexibility index (Phi) is 3.94. The minimum atomic E-state index is -0.478. The van der Waals surface area contributed by atoms with E-state index >= 15 is 0 Å². The first-order valence-electron chi connectivity index (χ1n) is 7.22. The van der Waals surface area contributed by atoms with Crippen molar-refractivity contribution in [1.82, 2.24) is 4.98 Å². The molecule has 0 aliphatic heterocycles. The van der Waals surface area contributed by atoms with E-state index in [1.165, 1.54) is 17.5 Å². The molecule has 22 heavy (non-hydrogen) atoms. The van der Waals surface area contributed by atoms with Crippen molar-refractivity contribution in [3.63, 3.8) is 0 Å². The molecule has 1 aliphatic rings. The van der Waals surface area contributed by atoms with Crippen LogP contribution in [0.4, 0.5) is 5.00 Å². The van der Waals surface area contributed by atoms with Gasteiger partial charge in [0.25, 0.3) is 11.8 Å². The Morgan fingerprint density at radius 1 is 1.45 bits per heavy atom. The van der Waals surface area contributed by atoms with E-state index in [2.05, 4.69) is 17.2 Å². The van der Waals surface area contributed by atoms with E-state index in [4.69, 9.17) is 5.73 Å². The third-order valence-electron chi connectivity index (χ3n) is 3.91. The maximum absolute atomic E-state index is 12.3. The van der Waals surface area contributed by atoms with Crippen LogP contribution >= 0.6 is 11.3 Å². The van der Waals surface area contributed by atoms with E-state index in [-0.39, 0.29) is 5.91 Å². The van der Waals surface area contributed by atoms with Crippen molar-refractivity contribution in [1.29, 1.82) is 0 Å². The SMILES string of the molecule is CC1CCc2c(sc(NC(=O)c3cccnc3)c2C(N)=O)C1. The van der Waals surface area contributed by atoms with Gasteiger partial charge in [-0.1, -0.05) is 6.92 Å². The number of nitrogens with zero attached hydrogens (tertiary/aromatic N) is 1. The molecular formula is C16H17N3O2S. The second-order valence-corrected chi connectivity index (χ2v) is 6.72. The molecule has 0 bridgehead atoms. The Morgan fingerprint density at radius 2 is 2.27 bits per heavy atom. The number of carbonyl (C=O) groups excluding carboxylic acids is 2. The van der Waals surface area contributed by atoms with Gasteiger partial charge >= 0.3 is 0 Å². The molecule has 5 nitrogen and oxygen atoms in total. The summed E-state index contributed by atoms with van der Waals surface area (Å²) in [5.41, 5.74) is 7.48. The first kappa shape index (κ1) is 14.7. The number of hydrogen-bond donors (Lipinski definition) is 2. The zero-order valence-electron chi connectivity index (χ0n) is 12.3. The number of fused-ring (bicyclic) bond motifs is 1. The van der Waals surface area contributed by atoms with Gasteiger partial charge in [-0.2, -0.15) is 0 Å². The average Bonchev–Trinajstić information content (AvgIpc) is 2.85. The summed E-state index contributed by atoms with van der Waals surface area (Å²) < 4.78 is 0. The van der Waals surface area contributed by atoms with Gasteiger partial charge in [0.05, 0.1) is 11.1 Å². The number of rotatable bonds is 3. The van der Waals surface area contributed by atoms with Crippen molar-refractivity contribution in [2.45, 2.75) is 26.2 Å². The third-order valence-corrected chi connectivity index (χ3v) is 5.08. The van der Waals surface area contributed by atoms with Gasteiger partial charge in [0, 0.05) is 17.3 Å². The summed E-state index contributed by atoms with van der Waals surface area (Å²) in [6.45, 7) is 2.19. The normalized spacial score (nSPS) is 16.9. The number of amides is 2. The lowest BCUT2D eigenvalue weighted by Crippen LogP contribution is -2.19. The minimum absolute atomic E-state index is 0.276. The van der Waals surface area contributed by atoms with Gasteiger partial charge in [0.2, 0.25) is 0 Å². The van der Waals surface area contributed by atoms with E-state index in [1.807, 2.05) is 0 Å². The monoisotopic (exact) mass is 315 g/mol. The van der Waals surface area contributed by atoms with Crippen molar-refractivity contribution in [3.05, 3.63) is 46.1 Å². The second-order valence-electron chi connectivity index (χ2n) is 5.62. The standard InChI is InChI=1S/C16H17N3O2S/c1-9-4-5-11-12(7-9)22-16(13(11)14(17)20)19-15(21)10-3-2-6-18-8-10/h2-3,6,8-9H,4-5,7H2,1H3,(H2,17,20)(H,19,21). The number of pyridine rings is 1.